The van der Waals surface area contributed by atoms with E-state index in [2.05, 4.69) is 65.8 Å². The lowest BCUT2D eigenvalue weighted by molar-refractivity contribution is -0.142. The molecule has 0 saturated carbocycles. The summed E-state index contributed by atoms with van der Waals surface area (Å²) in [5.41, 5.74) is 4.05. The van der Waals surface area contributed by atoms with Crippen molar-refractivity contribution >= 4 is 30.0 Å². The molecule has 18 heteroatoms. The van der Waals surface area contributed by atoms with E-state index in [9.17, 15) is 42.0 Å². The van der Waals surface area contributed by atoms with Crippen LogP contribution in [0.5, 0.6) is 23.0 Å². The van der Waals surface area contributed by atoms with Crippen molar-refractivity contribution < 1.29 is 70.5 Å². The Morgan fingerprint density at radius 2 is 1.11 bits per heavy atom. The molecule has 6 aliphatic rings. The molecule has 0 aliphatic carbocycles. The van der Waals surface area contributed by atoms with Gasteiger partial charge in [0.15, 0.2) is 0 Å². The average molecular weight is 1100 g/mol. The largest absolute Gasteiger partial charge is 0.484 e. The van der Waals surface area contributed by atoms with Gasteiger partial charge in [0.1, 0.15) is 40.2 Å². The van der Waals surface area contributed by atoms with Crippen molar-refractivity contribution in [1.29, 1.82) is 0 Å². The third kappa shape index (κ3) is 13.7. The maximum Gasteiger partial charge on any atom is 0.415 e. The van der Waals surface area contributed by atoms with Gasteiger partial charge in [-0.3, -0.25) is 9.59 Å². The smallest absolute Gasteiger partial charge is 0.415 e. The zero-order valence-corrected chi connectivity index (χ0v) is 47.4. The SMILES string of the molecule is [2H]C([2H])(CC[C@@H](C(=O)O)N1Cc2c(cc(OC(=O)N3CCOCC3)c3c2O[C@](C)(CC/C=C(\C)CCC=C(C)C)[C@@H](O)C3)C1=O)N1Cc2c(cc(OC(=O)N3CCOCC3)c3c2O[C@](C)(CC/C=C(\C)CCC=C(C)C)[C@@H](O)C3)C1=O. The number of amides is 4. The average Bonchev–Trinajstić information content (AvgIpc) is 4.15. The van der Waals surface area contributed by atoms with Crippen LogP contribution in [0.25, 0.3) is 0 Å². The fourth-order valence-electron chi connectivity index (χ4n) is 11.1. The van der Waals surface area contributed by atoms with Gasteiger partial charge in [-0.05, 0) is 132 Å². The lowest BCUT2D eigenvalue weighted by Crippen LogP contribution is -2.49. The van der Waals surface area contributed by atoms with Crippen molar-refractivity contribution in [3.8, 4) is 23.0 Å². The molecule has 0 radical (unpaired) electrons. The van der Waals surface area contributed by atoms with E-state index in [1.165, 1.54) is 44.2 Å². The number of carbonyl (C=O) groups excluding carboxylic acids is 4. The van der Waals surface area contributed by atoms with Crippen molar-refractivity contribution in [3.05, 3.63) is 92.1 Å². The van der Waals surface area contributed by atoms with Crippen LogP contribution in [0.4, 0.5) is 9.59 Å². The number of carboxylic acid groups (broad SMARTS) is 1. The lowest BCUT2D eigenvalue weighted by atomic mass is 9.84. The fourth-order valence-corrected chi connectivity index (χ4v) is 11.1. The minimum Gasteiger partial charge on any atom is -0.484 e. The number of aliphatic hydroxyl groups excluding tert-OH is 2. The quantitative estimate of drug-likeness (QED) is 0.105. The van der Waals surface area contributed by atoms with Crippen molar-refractivity contribution in [2.75, 3.05) is 59.1 Å². The maximum atomic E-state index is 14.7. The number of aliphatic hydroxyl groups is 2. The number of benzene rings is 2. The normalized spacial score (nSPS) is 23.8. The van der Waals surface area contributed by atoms with Crippen LogP contribution in [0.1, 0.15) is 165 Å². The third-order valence-electron chi connectivity index (χ3n) is 16.1. The molecule has 0 aromatic heterocycles. The Bertz CT molecular complexity index is 2860. The summed E-state index contributed by atoms with van der Waals surface area (Å²) in [4.78, 5) is 74.9. The molecule has 8 rings (SSSR count). The van der Waals surface area contributed by atoms with Crippen LogP contribution in [0, 0.1) is 0 Å². The summed E-state index contributed by atoms with van der Waals surface area (Å²) in [6, 6.07) is 1.20. The minimum absolute atomic E-state index is 0.000423. The summed E-state index contributed by atoms with van der Waals surface area (Å²) in [6.45, 7) is 15.3. The molecule has 6 aliphatic heterocycles. The number of hydrogen-bond acceptors (Lipinski definition) is 13. The van der Waals surface area contributed by atoms with Gasteiger partial charge in [0, 0.05) is 70.5 Å². The van der Waals surface area contributed by atoms with E-state index in [0.717, 1.165) is 35.5 Å². The lowest BCUT2D eigenvalue weighted by Gasteiger charge is -2.41. The summed E-state index contributed by atoms with van der Waals surface area (Å²) in [5.74, 6) is -2.42. The van der Waals surface area contributed by atoms with E-state index in [4.69, 9.17) is 28.4 Å². The van der Waals surface area contributed by atoms with E-state index in [1.807, 2.05) is 0 Å². The Balaban J connectivity index is 1.04. The summed E-state index contributed by atoms with van der Waals surface area (Å²) < 4.78 is 55.2. The molecule has 2 aromatic rings. The van der Waals surface area contributed by atoms with E-state index < -0.39 is 78.8 Å². The van der Waals surface area contributed by atoms with Gasteiger partial charge in [-0.1, -0.05) is 46.6 Å². The molecule has 430 valence electrons. The highest BCUT2D eigenvalue weighted by Gasteiger charge is 2.48. The number of carboxylic acids is 1. The molecular formula is C61H82N4O14. The van der Waals surface area contributed by atoms with Crippen LogP contribution >= 0.6 is 0 Å². The molecule has 18 nitrogen and oxygen atoms in total. The predicted molar refractivity (Wildman–Crippen MR) is 296 cm³/mol. The second kappa shape index (κ2) is 25.5. The van der Waals surface area contributed by atoms with Gasteiger partial charge in [-0.2, -0.15) is 0 Å². The number of nitrogens with zero attached hydrogens (tertiary/aromatic N) is 4. The van der Waals surface area contributed by atoms with Gasteiger partial charge in [0.25, 0.3) is 11.8 Å². The highest BCUT2D eigenvalue weighted by molar-refractivity contribution is 6.02. The number of morpholine rings is 2. The topological polar surface area (TPSA) is 214 Å². The monoisotopic (exact) mass is 1100 g/mol. The molecule has 79 heavy (non-hydrogen) atoms. The Kier molecular flexibility index (Phi) is 18.1. The predicted octanol–water partition coefficient (Wildman–Crippen LogP) is 9.25. The Morgan fingerprint density at radius 3 is 1.56 bits per heavy atom. The van der Waals surface area contributed by atoms with Gasteiger partial charge < -0.3 is 63.3 Å². The Hall–Kier alpha value is -6.21. The second-order valence-electron chi connectivity index (χ2n) is 22.8. The van der Waals surface area contributed by atoms with Gasteiger partial charge in [-0.15, -0.1) is 0 Å². The van der Waals surface area contributed by atoms with E-state index in [-0.39, 0.29) is 86.2 Å². The van der Waals surface area contributed by atoms with Crippen molar-refractivity contribution in [3.63, 3.8) is 0 Å². The number of allylic oxidation sites excluding steroid dienone is 8. The highest BCUT2D eigenvalue weighted by atomic mass is 16.6. The number of ether oxygens (including phenoxy) is 6. The molecule has 6 heterocycles. The van der Waals surface area contributed by atoms with Gasteiger partial charge in [0.2, 0.25) is 0 Å². The first-order valence-electron chi connectivity index (χ1n) is 29.0. The first-order chi connectivity index (χ1) is 38.4. The minimum atomic E-state index is -2.50. The van der Waals surface area contributed by atoms with E-state index in [0.29, 0.717) is 74.4 Å². The summed E-state index contributed by atoms with van der Waals surface area (Å²) in [5, 5.41) is 34.4. The number of fused-ring (bicyclic) bond motifs is 6. The summed E-state index contributed by atoms with van der Waals surface area (Å²) >= 11 is 0. The molecule has 4 amide bonds. The molecule has 3 N–H and O–H groups in total. The summed E-state index contributed by atoms with van der Waals surface area (Å²) in [7, 11) is 0. The molecule has 2 fully saturated rings. The zero-order chi connectivity index (χ0) is 58.6. The fraction of sp³-hybridized carbons (Fsp3) is 0.590. The molecular weight excluding hydrogens is 1010 g/mol. The Labute approximate surface area is 467 Å². The molecule has 0 spiro atoms. The number of aliphatic carboxylic acids is 1. The standard InChI is InChI=1S/C61H82N4O14/c1-38(2)14-9-16-40(5)18-11-21-60(7)51(66)34-44-49(76-58(72)62-24-28-74-29-25-62)32-42-46(53(44)78-60)36-64(55(42)68)23-13-20-48(57(70)71)65-37-47-43(56(65)69)33-50(77-59(73)63-26-30-75-31-27-63)45-35-52(67)61(8,79-54(45)47)22-12-19-41(6)17-10-15-39(3)4/h14-15,18-19,32-33,48,51-52,66-67H,9-13,16-17,20-31,34-37H2,1-8H3,(H,70,71)/b40-18+,41-19+/t48-,51-,52-,60+,61+/m0/s1/i23D2. The number of carbonyl (C=O) groups is 5. The number of hydrogen-bond donors (Lipinski definition) is 3. The van der Waals surface area contributed by atoms with Crippen LogP contribution in [0.2, 0.25) is 0 Å². The molecule has 5 atom stereocenters. The van der Waals surface area contributed by atoms with Crippen LogP contribution in [-0.2, 0) is 40.2 Å². The van der Waals surface area contributed by atoms with Crippen LogP contribution in [-0.4, -0.2) is 153 Å². The van der Waals surface area contributed by atoms with Crippen molar-refractivity contribution in [2.45, 2.75) is 175 Å². The first-order valence-corrected chi connectivity index (χ1v) is 28.0. The first kappa shape index (κ1) is 56.1. The van der Waals surface area contributed by atoms with Crippen molar-refractivity contribution in [2.24, 2.45) is 0 Å². The third-order valence-corrected chi connectivity index (χ3v) is 16.1. The number of rotatable bonds is 20. The zero-order valence-electron chi connectivity index (χ0n) is 49.4. The molecule has 2 aromatic carbocycles. The Morgan fingerprint density at radius 1 is 0.671 bits per heavy atom. The van der Waals surface area contributed by atoms with Crippen molar-refractivity contribution in [1.82, 2.24) is 19.6 Å². The van der Waals surface area contributed by atoms with Gasteiger partial charge in [-0.25, -0.2) is 14.4 Å². The summed E-state index contributed by atoms with van der Waals surface area (Å²) in [6.07, 6.45) is 9.75. The van der Waals surface area contributed by atoms with Gasteiger partial charge in [0.05, 0.1) is 62.9 Å². The maximum absolute atomic E-state index is 14.7. The van der Waals surface area contributed by atoms with E-state index in [1.54, 1.807) is 13.8 Å². The van der Waals surface area contributed by atoms with Crippen LogP contribution in [0.3, 0.4) is 0 Å². The van der Waals surface area contributed by atoms with Crippen LogP contribution in [0.15, 0.2) is 58.7 Å². The molecule has 0 bridgehead atoms. The van der Waals surface area contributed by atoms with E-state index >= 15 is 0 Å². The second-order valence-corrected chi connectivity index (χ2v) is 22.8. The van der Waals surface area contributed by atoms with Crippen LogP contribution < -0.4 is 18.9 Å². The molecule has 2 saturated heterocycles. The highest BCUT2D eigenvalue weighted by Crippen LogP contribution is 2.49. The molecule has 0 unspecified atom stereocenters. The van der Waals surface area contributed by atoms with Gasteiger partial charge >= 0.3 is 18.2 Å².